The Bertz CT molecular complexity index is 828. The minimum Gasteiger partial charge on any atom is -0.465 e. The summed E-state index contributed by atoms with van der Waals surface area (Å²) >= 11 is 5.97. The SMILES string of the molecule is COC(=O)c1ccc(Cl)c(S(=O)(=O)N[C@H](C)c2ccc(C)o2)c1. The average Bonchev–Trinajstić information content (AvgIpc) is 2.93. The Morgan fingerprint density at radius 1 is 1.30 bits per heavy atom. The second-order valence-corrected chi connectivity index (χ2v) is 7.02. The third-order valence-corrected chi connectivity index (χ3v) is 5.18. The van der Waals surface area contributed by atoms with Crippen LogP contribution in [0.1, 0.15) is 34.8 Å². The van der Waals surface area contributed by atoms with Crippen molar-refractivity contribution in [1.29, 1.82) is 0 Å². The predicted molar refractivity (Wildman–Crippen MR) is 85.0 cm³/mol. The zero-order valence-corrected chi connectivity index (χ0v) is 14.4. The second-order valence-electron chi connectivity index (χ2n) is 4.93. The van der Waals surface area contributed by atoms with Gasteiger partial charge in [-0.3, -0.25) is 0 Å². The van der Waals surface area contributed by atoms with Gasteiger partial charge >= 0.3 is 5.97 Å². The van der Waals surface area contributed by atoms with E-state index in [1.54, 1.807) is 26.0 Å². The van der Waals surface area contributed by atoms with Crippen molar-refractivity contribution in [2.45, 2.75) is 24.8 Å². The number of methoxy groups -OCH3 is 1. The lowest BCUT2D eigenvalue weighted by molar-refractivity contribution is 0.0600. The third-order valence-electron chi connectivity index (χ3n) is 3.16. The van der Waals surface area contributed by atoms with Crippen LogP contribution in [0.25, 0.3) is 0 Å². The maximum Gasteiger partial charge on any atom is 0.337 e. The van der Waals surface area contributed by atoms with Gasteiger partial charge in [-0.2, -0.15) is 0 Å². The molecule has 1 N–H and O–H groups in total. The van der Waals surface area contributed by atoms with Crippen molar-refractivity contribution in [3.8, 4) is 0 Å². The van der Waals surface area contributed by atoms with Crippen LogP contribution >= 0.6 is 11.6 Å². The number of ether oxygens (including phenoxy) is 1. The highest BCUT2D eigenvalue weighted by molar-refractivity contribution is 7.89. The summed E-state index contributed by atoms with van der Waals surface area (Å²) in [6.07, 6.45) is 0. The lowest BCUT2D eigenvalue weighted by atomic mass is 10.2. The van der Waals surface area contributed by atoms with Crippen LogP contribution in [0.2, 0.25) is 5.02 Å². The first-order chi connectivity index (χ1) is 10.7. The van der Waals surface area contributed by atoms with E-state index in [0.717, 1.165) is 0 Å². The number of hydrogen-bond donors (Lipinski definition) is 1. The monoisotopic (exact) mass is 357 g/mol. The van der Waals surface area contributed by atoms with Crippen molar-refractivity contribution in [3.63, 3.8) is 0 Å². The van der Waals surface area contributed by atoms with Gasteiger partial charge in [-0.25, -0.2) is 17.9 Å². The van der Waals surface area contributed by atoms with Gasteiger partial charge in [-0.15, -0.1) is 0 Å². The summed E-state index contributed by atoms with van der Waals surface area (Å²) in [5, 5.41) is 0.00739. The molecule has 0 fully saturated rings. The van der Waals surface area contributed by atoms with Crippen LogP contribution in [-0.4, -0.2) is 21.5 Å². The molecule has 0 spiro atoms. The predicted octanol–water partition coefficient (Wildman–Crippen LogP) is 3.07. The number of sulfonamides is 1. The molecule has 0 amide bonds. The van der Waals surface area contributed by atoms with Gasteiger partial charge in [-0.1, -0.05) is 11.6 Å². The zero-order chi connectivity index (χ0) is 17.2. The quantitative estimate of drug-likeness (QED) is 0.831. The molecule has 2 rings (SSSR count). The topological polar surface area (TPSA) is 85.6 Å². The molecule has 1 atom stereocenters. The van der Waals surface area contributed by atoms with Crippen molar-refractivity contribution in [2.24, 2.45) is 0 Å². The maximum absolute atomic E-state index is 12.5. The van der Waals surface area contributed by atoms with Gasteiger partial charge in [0.2, 0.25) is 10.0 Å². The molecule has 0 unspecified atom stereocenters. The number of halogens is 1. The van der Waals surface area contributed by atoms with Crippen LogP contribution in [0.5, 0.6) is 0 Å². The largest absolute Gasteiger partial charge is 0.465 e. The van der Waals surface area contributed by atoms with E-state index in [1.165, 1.54) is 25.3 Å². The molecule has 0 aliphatic rings. The highest BCUT2D eigenvalue weighted by atomic mass is 35.5. The van der Waals surface area contributed by atoms with Gasteiger partial charge in [0.1, 0.15) is 16.4 Å². The Hall–Kier alpha value is -1.83. The number of rotatable bonds is 5. The van der Waals surface area contributed by atoms with Crippen LogP contribution < -0.4 is 4.72 Å². The number of esters is 1. The summed E-state index contributed by atoms with van der Waals surface area (Å²) in [6, 6.07) is 6.75. The van der Waals surface area contributed by atoms with Gasteiger partial charge in [0.05, 0.1) is 23.7 Å². The fourth-order valence-corrected chi connectivity index (χ4v) is 3.73. The first kappa shape index (κ1) is 17.5. The van der Waals surface area contributed by atoms with Crippen LogP contribution in [0.3, 0.4) is 0 Å². The molecule has 1 heterocycles. The minimum absolute atomic E-state index is 0.00739. The molecule has 0 aliphatic carbocycles. The van der Waals surface area contributed by atoms with Gasteiger partial charge in [0.25, 0.3) is 0 Å². The fraction of sp³-hybridized carbons (Fsp3) is 0.267. The molecule has 0 saturated carbocycles. The molecule has 23 heavy (non-hydrogen) atoms. The molecular formula is C15H16ClNO5S. The number of aryl methyl sites for hydroxylation is 1. The normalized spacial score (nSPS) is 12.9. The number of hydrogen-bond acceptors (Lipinski definition) is 5. The van der Waals surface area contributed by atoms with E-state index in [1.807, 2.05) is 0 Å². The summed E-state index contributed by atoms with van der Waals surface area (Å²) in [5.41, 5.74) is 0.0961. The highest BCUT2D eigenvalue weighted by Gasteiger charge is 2.24. The summed E-state index contributed by atoms with van der Waals surface area (Å²) in [4.78, 5) is 11.4. The van der Waals surface area contributed by atoms with Gasteiger partial charge < -0.3 is 9.15 Å². The lowest BCUT2D eigenvalue weighted by Crippen LogP contribution is -2.27. The van der Waals surface area contributed by atoms with E-state index in [4.69, 9.17) is 16.0 Å². The Balaban J connectivity index is 2.33. The van der Waals surface area contributed by atoms with Crippen molar-refractivity contribution in [1.82, 2.24) is 4.72 Å². The summed E-state index contributed by atoms with van der Waals surface area (Å²) < 4.78 is 37.5. The molecule has 124 valence electrons. The van der Waals surface area contributed by atoms with E-state index < -0.39 is 22.0 Å². The zero-order valence-electron chi connectivity index (χ0n) is 12.8. The standard InChI is InChI=1S/C15H16ClNO5S/c1-9-4-7-13(22-9)10(2)17-23(19,20)14-8-11(15(18)21-3)5-6-12(14)16/h4-8,10,17H,1-3H3/t10-/m1/s1. The van der Waals surface area contributed by atoms with Crippen molar-refractivity contribution in [3.05, 3.63) is 52.4 Å². The average molecular weight is 358 g/mol. The number of benzene rings is 1. The molecule has 1 aromatic carbocycles. The van der Waals surface area contributed by atoms with E-state index in [2.05, 4.69) is 9.46 Å². The third kappa shape index (κ3) is 3.93. The Morgan fingerprint density at radius 2 is 2.00 bits per heavy atom. The smallest absolute Gasteiger partial charge is 0.337 e. The molecule has 0 saturated heterocycles. The number of nitrogens with one attached hydrogen (secondary N) is 1. The summed E-state index contributed by atoms with van der Waals surface area (Å²) in [5.74, 6) is 0.510. The van der Waals surface area contributed by atoms with Gasteiger partial charge in [0.15, 0.2) is 0 Å². The Labute approximate surface area is 139 Å². The molecule has 0 radical (unpaired) electrons. The maximum atomic E-state index is 12.5. The number of furan rings is 1. The number of carbonyl (C=O) groups is 1. The van der Waals surface area contributed by atoms with E-state index in [-0.39, 0.29) is 15.5 Å². The van der Waals surface area contributed by atoms with Crippen molar-refractivity contribution in [2.75, 3.05) is 7.11 Å². The van der Waals surface area contributed by atoms with E-state index in [9.17, 15) is 13.2 Å². The van der Waals surface area contributed by atoms with Gasteiger partial charge in [-0.05, 0) is 44.2 Å². The molecule has 1 aromatic heterocycles. The van der Waals surface area contributed by atoms with Crippen LogP contribution in [0.4, 0.5) is 0 Å². The van der Waals surface area contributed by atoms with Crippen molar-refractivity contribution >= 4 is 27.6 Å². The van der Waals surface area contributed by atoms with E-state index >= 15 is 0 Å². The Morgan fingerprint density at radius 3 is 2.57 bits per heavy atom. The molecule has 0 aliphatic heterocycles. The fourth-order valence-electron chi connectivity index (χ4n) is 1.99. The van der Waals surface area contributed by atoms with Crippen molar-refractivity contribution < 1.29 is 22.4 Å². The Kier molecular flexibility index (Phi) is 5.13. The first-order valence-electron chi connectivity index (χ1n) is 6.71. The van der Waals surface area contributed by atoms with Crippen LogP contribution in [0.15, 0.2) is 39.6 Å². The highest BCUT2D eigenvalue weighted by Crippen LogP contribution is 2.25. The second kappa shape index (κ2) is 6.74. The first-order valence-corrected chi connectivity index (χ1v) is 8.57. The van der Waals surface area contributed by atoms with E-state index in [0.29, 0.717) is 11.5 Å². The summed E-state index contributed by atoms with van der Waals surface area (Å²) in [7, 11) is -2.73. The van der Waals surface area contributed by atoms with Crippen LogP contribution in [0, 0.1) is 6.92 Å². The molecule has 0 bridgehead atoms. The lowest BCUT2D eigenvalue weighted by Gasteiger charge is -2.13. The summed E-state index contributed by atoms with van der Waals surface area (Å²) in [6.45, 7) is 3.41. The number of carbonyl (C=O) groups excluding carboxylic acids is 1. The molecule has 8 heteroatoms. The minimum atomic E-state index is -3.94. The van der Waals surface area contributed by atoms with Crippen LogP contribution in [-0.2, 0) is 14.8 Å². The molecule has 2 aromatic rings. The van der Waals surface area contributed by atoms with Gasteiger partial charge in [0, 0.05) is 0 Å². The molecular weight excluding hydrogens is 342 g/mol. The molecule has 6 nitrogen and oxygen atoms in total.